The molecule has 2 aromatic heterocycles. The van der Waals surface area contributed by atoms with Gasteiger partial charge in [-0.25, -0.2) is 4.98 Å². The molecule has 96 valence electrons. The summed E-state index contributed by atoms with van der Waals surface area (Å²) in [5.74, 6) is 0. The van der Waals surface area contributed by atoms with Gasteiger partial charge in [-0.1, -0.05) is 18.2 Å². The highest BCUT2D eigenvalue weighted by molar-refractivity contribution is 8.93. The molecule has 1 N–H and O–H groups in total. The Morgan fingerprint density at radius 1 is 1.00 bits per heavy atom. The van der Waals surface area contributed by atoms with Gasteiger partial charge < -0.3 is 5.32 Å². The number of thiazole rings is 1. The Hall–Kier alpha value is -1.72. The highest BCUT2D eigenvalue weighted by Crippen LogP contribution is 2.26. The molecule has 5 heteroatoms. The van der Waals surface area contributed by atoms with Crippen LogP contribution in [0.15, 0.2) is 60.2 Å². The number of halogens is 1. The van der Waals surface area contributed by atoms with E-state index in [9.17, 15) is 0 Å². The molecule has 0 aliphatic carbocycles. The number of hydrogen-bond acceptors (Lipinski definition) is 4. The fourth-order valence-corrected chi connectivity index (χ4v) is 2.36. The van der Waals surface area contributed by atoms with Crippen molar-refractivity contribution < 1.29 is 0 Å². The van der Waals surface area contributed by atoms with Crippen molar-refractivity contribution in [3.05, 3.63) is 60.2 Å². The lowest BCUT2D eigenvalue weighted by atomic mass is 10.2. The number of anilines is 2. The van der Waals surface area contributed by atoms with Gasteiger partial charge in [0, 0.05) is 29.0 Å². The molecule has 0 aliphatic rings. The standard InChI is InChI=1S/C14H11N3S.BrH/c1-2-6-12(7-3-1)16-14-17-13(10-18-14)11-5-4-8-15-9-11;/h1-10H,(H,16,17);1H. The van der Waals surface area contributed by atoms with Crippen LogP contribution in [0.4, 0.5) is 10.8 Å². The molecular weight excluding hydrogens is 322 g/mol. The van der Waals surface area contributed by atoms with Crippen molar-refractivity contribution in [1.82, 2.24) is 9.97 Å². The van der Waals surface area contributed by atoms with Crippen LogP contribution >= 0.6 is 28.3 Å². The Bertz CT molecular complexity index is 625. The van der Waals surface area contributed by atoms with Crippen LogP contribution in [0.25, 0.3) is 11.3 Å². The molecule has 0 unspecified atom stereocenters. The van der Waals surface area contributed by atoms with Gasteiger partial charge in [0.1, 0.15) is 0 Å². The molecule has 0 saturated carbocycles. The number of nitrogens with one attached hydrogen (secondary N) is 1. The van der Waals surface area contributed by atoms with Gasteiger partial charge in [0.25, 0.3) is 0 Å². The molecule has 1 aromatic carbocycles. The van der Waals surface area contributed by atoms with Crippen LogP contribution in [-0.2, 0) is 0 Å². The summed E-state index contributed by atoms with van der Waals surface area (Å²) in [6.07, 6.45) is 3.58. The van der Waals surface area contributed by atoms with E-state index in [-0.39, 0.29) is 17.0 Å². The van der Waals surface area contributed by atoms with Gasteiger partial charge in [0.05, 0.1) is 5.69 Å². The molecular formula is C14H12BrN3S. The normalized spacial score (nSPS) is 9.68. The molecule has 0 fully saturated rings. The first-order valence-electron chi connectivity index (χ1n) is 5.60. The number of aromatic nitrogens is 2. The van der Waals surface area contributed by atoms with E-state index in [2.05, 4.69) is 15.3 Å². The van der Waals surface area contributed by atoms with Crippen molar-refractivity contribution in [3.63, 3.8) is 0 Å². The van der Waals surface area contributed by atoms with E-state index in [1.54, 1.807) is 17.5 Å². The van der Waals surface area contributed by atoms with Crippen LogP contribution in [0, 0.1) is 0 Å². The van der Waals surface area contributed by atoms with Crippen LogP contribution < -0.4 is 5.32 Å². The van der Waals surface area contributed by atoms with Crippen molar-refractivity contribution in [3.8, 4) is 11.3 Å². The number of para-hydroxylation sites is 1. The van der Waals surface area contributed by atoms with E-state index in [1.165, 1.54) is 0 Å². The van der Waals surface area contributed by atoms with E-state index >= 15 is 0 Å². The van der Waals surface area contributed by atoms with Gasteiger partial charge in [-0.2, -0.15) is 0 Å². The van der Waals surface area contributed by atoms with E-state index in [4.69, 9.17) is 0 Å². The molecule has 0 bridgehead atoms. The third-order valence-corrected chi connectivity index (χ3v) is 3.24. The summed E-state index contributed by atoms with van der Waals surface area (Å²) in [6, 6.07) is 14.0. The third-order valence-electron chi connectivity index (χ3n) is 2.49. The summed E-state index contributed by atoms with van der Waals surface area (Å²) in [5.41, 5.74) is 3.03. The second-order valence-electron chi connectivity index (χ2n) is 3.77. The molecule has 3 rings (SSSR count). The predicted molar refractivity (Wildman–Crippen MR) is 85.4 cm³/mol. The molecule has 0 saturated heterocycles. The van der Waals surface area contributed by atoms with E-state index in [0.29, 0.717) is 0 Å². The average Bonchev–Trinajstić information content (AvgIpc) is 2.89. The number of pyridine rings is 1. The molecule has 3 nitrogen and oxygen atoms in total. The minimum absolute atomic E-state index is 0. The van der Waals surface area contributed by atoms with Crippen molar-refractivity contribution in [2.75, 3.05) is 5.32 Å². The lowest BCUT2D eigenvalue weighted by Gasteiger charge is -2.00. The van der Waals surface area contributed by atoms with Gasteiger partial charge in [-0.15, -0.1) is 28.3 Å². The number of nitrogens with zero attached hydrogens (tertiary/aromatic N) is 2. The topological polar surface area (TPSA) is 37.8 Å². The Kier molecular flexibility index (Phi) is 4.65. The summed E-state index contributed by atoms with van der Waals surface area (Å²) < 4.78 is 0. The highest BCUT2D eigenvalue weighted by atomic mass is 79.9. The smallest absolute Gasteiger partial charge is 0.187 e. The SMILES string of the molecule is Br.c1ccc(Nc2nc(-c3cccnc3)cs2)cc1. The second kappa shape index (κ2) is 6.45. The van der Waals surface area contributed by atoms with Crippen molar-refractivity contribution >= 4 is 39.1 Å². The molecule has 0 atom stereocenters. The first kappa shape index (κ1) is 13.7. The summed E-state index contributed by atoms with van der Waals surface area (Å²) in [7, 11) is 0. The number of benzene rings is 1. The molecule has 19 heavy (non-hydrogen) atoms. The van der Waals surface area contributed by atoms with E-state index in [1.807, 2.05) is 54.0 Å². The zero-order valence-electron chi connectivity index (χ0n) is 9.98. The first-order valence-corrected chi connectivity index (χ1v) is 6.48. The second-order valence-corrected chi connectivity index (χ2v) is 4.63. The van der Waals surface area contributed by atoms with E-state index < -0.39 is 0 Å². The monoisotopic (exact) mass is 333 g/mol. The maximum Gasteiger partial charge on any atom is 0.187 e. The Morgan fingerprint density at radius 2 is 1.84 bits per heavy atom. The van der Waals surface area contributed by atoms with Crippen LogP contribution in [0.1, 0.15) is 0 Å². The van der Waals surface area contributed by atoms with Gasteiger partial charge >= 0.3 is 0 Å². The lowest BCUT2D eigenvalue weighted by molar-refractivity contribution is 1.30. The summed E-state index contributed by atoms with van der Waals surface area (Å²) >= 11 is 1.59. The zero-order chi connectivity index (χ0) is 12.2. The molecule has 0 spiro atoms. The largest absolute Gasteiger partial charge is 0.332 e. The Labute approximate surface area is 126 Å². The maximum absolute atomic E-state index is 4.54. The minimum Gasteiger partial charge on any atom is -0.332 e. The number of hydrogen-bond donors (Lipinski definition) is 1. The lowest BCUT2D eigenvalue weighted by Crippen LogP contribution is -1.88. The van der Waals surface area contributed by atoms with Gasteiger partial charge in [0.15, 0.2) is 5.13 Å². The van der Waals surface area contributed by atoms with Crippen LogP contribution in [0.3, 0.4) is 0 Å². The predicted octanol–water partition coefficient (Wildman–Crippen LogP) is 4.53. The first-order chi connectivity index (χ1) is 8.92. The van der Waals surface area contributed by atoms with Crippen molar-refractivity contribution in [1.29, 1.82) is 0 Å². The molecule has 0 radical (unpaired) electrons. The quantitative estimate of drug-likeness (QED) is 0.765. The average molecular weight is 334 g/mol. The summed E-state index contributed by atoms with van der Waals surface area (Å²) in [5, 5.41) is 6.20. The van der Waals surface area contributed by atoms with Crippen molar-refractivity contribution in [2.24, 2.45) is 0 Å². The van der Waals surface area contributed by atoms with Crippen LogP contribution in [0.5, 0.6) is 0 Å². The maximum atomic E-state index is 4.54. The Balaban J connectivity index is 0.00000133. The van der Waals surface area contributed by atoms with Gasteiger partial charge in [-0.05, 0) is 24.3 Å². The molecule has 3 aromatic rings. The summed E-state index contributed by atoms with van der Waals surface area (Å²) in [4.78, 5) is 8.64. The molecule has 0 aliphatic heterocycles. The zero-order valence-corrected chi connectivity index (χ0v) is 12.5. The fourth-order valence-electron chi connectivity index (χ4n) is 1.62. The Morgan fingerprint density at radius 3 is 2.58 bits per heavy atom. The minimum atomic E-state index is 0. The van der Waals surface area contributed by atoms with Gasteiger partial charge in [0.2, 0.25) is 0 Å². The highest BCUT2D eigenvalue weighted by Gasteiger charge is 2.04. The van der Waals surface area contributed by atoms with E-state index in [0.717, 1.165) is 22.1 Å². The third kappa shape index (κ3) is 3.39. The van der Waals surface area contributed by atoms with Gasteiger partial charge in [-0.3, -0.25) is 4.98 Å². The summed E-state index contributed by atoms with van der Waals surface area (Å²) in [6.45, 7) is 0. The fraction of sp³-hybridized carbons (Fsp3) is 0. The van der Waals surface area contributed by atoms with Crippen molar-refractivity contribution in [2.45, 2.75) is 0 Å². The molecule has 2 heterocycles. The number of rotatable bonds is 3. The van der Waals surface area contributed by atoms with Crippen LogP contribution in [0.2, 0.25) is 0 Å². The van der Waals surface area contributed by atoms with Crippen LogP contribution in [-0.4, -0.2) is 9.97 Å². The molecule has 0 amide bonds.